The lowest BCUT2D eigenvalue weighted by molar-refractivity contribution is -0.148. The molecule has 88 valence electrons. The van der Waals surface area contributed by atoms with Crippen molar-refractivity contribution in [3.8, 4) is 5.75 Å². The van der Waals surface area contributed by atoms with E-state index < -0.39 is 0 Å². The summed E-state index contributed by atoms with van der Waals surface area (Å²) < 4.78 is 5.00. The third kappa shape index (κ3) is 3.57. The van der Waals surface area contributed by atoms with Gasteiger partial charge in [-0.05, 0) is 37.5 Å². The van der Waals surface area contributed by atoms with Crippen molar-refractivity contribution in [3.63, 3.8) is 0 Å². The molecular formula is C13H18O3. The first-order valence-corrected chi connectivity index (χ1v) is 5.61. The zero-order valence-electron chi connectivity index (χ0n) is 9.77. The summed E-state index contributed by atoms with van der Waals surface area (Å²) in [6, 6.07) is 6.93. The van der Waals surface area contributed by atoms with Crippen LogP contribution in [0.2, 0.25) is 0 Å². The Hall–Kier alpha value is -1.51. The van der Waals surface area contributed by atoms with Crippen LogP contribution in [0, 0.1) is 5.92 Å². The lowest BCUT2D eigenvalue weighted by Crippen LogP contribution is -2.19. The summed E-state index contributed by atoms with van der Waals surface area (Å²) in [7, 11) is 0. The Labute approximate surface area is 96.1 Å². The number of rotatable bonds is 5. The van der Waals surface area contributed by atoms with Crippen LogP contribution < -0.4 is 0 Å². The molecule has 0 heterocycles. The molecule has 0 aliphatic rings. The fraction of sp³-hybridized carbons (Fsp3) is 0.462. The summed E-state index contributed by atoms with van der Waals surface area (Å²) >= 11 is 0. The first-order valence-electron chi connectivity index (χ1n) is 5.61. The van der Waals surface area contributed by atoms with Gasteiger partial charge in [0.15, 0.2) is 0 Å². The summed E-state index contributed by atoms with van der Waals surface area (Å²) in [5, 5.41) is 9.15. The van der Waals surface area contributed by atoms with Crippen LogP contribution in [0.3, 0.4) is 0 Å². The second kappa shape index (κ2) is 6.16. The number of phenolic OH excluding ortho intramolecular Hbond substituents is 1. The Morgan fingerprint density at radius 2 is 1.94 bits per heavy atom. The second-order valence-electron chi connectivity index (χ2n) is 3.73. The van der Waals surface area contributed by atoms with Crippen LogP contribution in [0.25, 0.3) is 0 Å². The van der Waals surface area contributed by atoms with Gasteiger partial charge in [-0.2, -0.15) is 0 Å². The van der Waals surface area contributed by atoms with Crippen molar-refractivity contribution in [1.82, 2.24) is 0 Å². The lowest BCUT2D eigenvalue weighted by atomic mass is 9.97. The van der Waals surface area contributed by atoms with Crippen molar-refractivity contribution >= 4 is 5.97 Å². The molecule has 1 aromatic rings. The molecule has 16 heavy (non-hydrogen) atoms. The first kappa shape index (κ1) is 12.6. The topological polar surface area (TPSA) is 46.5 Å². The quantitative estimate of drug-likeness (QED) is 0.779. The highest BCUT2D eigenvalue weighted by Crippen LogP contribution is 2.16. The van der Waals surface area contributed by atoms with Crippen molar-refractivity contribution in [3.05, 3.63) is 29.8 Å². The van der Waals surface area contributed by atoms with Gasteiger partial charge in [-0.3, -0.25) is 4.79 Å². The van der Waals surface area contributed by atoms with Gasteiger partial charge in [-0.25, -0.2) is 0 Å². The molecule has 0 aliphatic heterocycles. The average molecular weight is 222 g/mol. The van der Waals surface area contributed by atoms with Crippen molar-refractivity contribution < 1.29 is 14.6 Å². The van der Waals surface area contributed by atoms with E-state index in [-0.39, 0.29) is 17.6 Å². The standard InChI is InChI=1S/C13H18O3/c1-3-11(13(15)16-4-2)9-10-5-7-12(14)8-6-10/h5-8,11,14H,3-4,9H2,1-2H3. The Morgan fingerprint density at radius 3 is 2.44 bits per heavy atom. The maximum Gasteiger partial charge on any atom is 0.309 e. The zero-order valence-corrected chi connectivity index (χ0v) is 9.77. The molecule has 3 heteroatoms. The first-order chi connectivity index (χ1) is 7.67. The number of esters is 1. The Kier molecular flexibility index (Phi) is 4.83. The Morgan fingerprint density at radius 1 is 1.31 bits per heavy atom. The van der Waals surface area contributed by atoms with E-state index in [0.717, 1.165) is 12.0 Å². The van der Waals surface area contributed by atoms with E-state index >= 15 is 0 Å². The number of hydrogen-bond donors (Lipinski definition) is 1. The third-order valence-electron chi connectivity index (χ3n) is 2.53. The summed E-state index contributed by atoms with van der Waals surface area (Å²) in [4.78, 5) is 11.6. The van der Waals surface area contributed by atoms with E-state index in [1.165, 1.54) is 0 Å². The van der Waals surface area contributed by atoms with Gasteiger partial charge in [0.25, 0.3) is 0 Å². The SMILES string of the molecule is CCOC(=O)C(CC)Cc1ccc(O)cc1. The van der Waals surface area contributed by atoms with E-state index in [9.17, 15) is 4.79 Å². The average Bonchev–Trinajstić information content (AvgIpc) is 2.28. The number of phenols is 1. The minimum Gasteiger partial charge on any atom is -0.508 e. The van der Waals surface area contributed by atoms with E-state index in [1.807, 2.05) is 26.0 Å². The molecule has 0 fully saturated rings. The fourth-order valence-electron chi connectivity index (χ4n) is 1.57. The molecule has 0 spiro atoms. The number of carbonyl (C=O) groups is 1. The van der Waals surface area contributed by atoms with E-state index in [2.05, 4.69) is 0 Å². The Balaban J connectivity index is 2.62. The summed E-state index contributed by atoms with van der Waals surface area (Å²) in [5.41, 5.74) is 1.04. The third-order valence-corrected chi connectivity index (χ3v) is 2.53. The molecule has 1 atom stereocenters. The van der Waals surface area contributed by atoms with Gasteiger partial charge in [0.05, 0.1) is 12.5 Å². The molecule has 0 saturated heterocycles. The highest BCUT2D eigenvalue weighted by molar-refractivity contribution is 5.72. The predicted octanol–water partition coefficient (Wildman–Crippen LogP) is 2.52. The van der Waals surface area contributed by atoms with Crippen LogP contribution in [0.15, 0.2) is 24.3 Å². The monoisotopic (exact) mass is 222 g/mol. The number of hydrogen-bond acceptors (Lipinski definition) is 3. The summed E-state index contributed by atoms with van der Waals surface area (Å²) in [6.45, 7) is 4.21. The lowest BCUT2D eigenvalue weighted by Gasteiger charge is -2.13. The largest absolute Gasteiger partial charge is 0.508 e. The predicted molar refractivity (Wildman–Crippen MR) is 62.2 cm³/mol. The molecule has 0 saturated carbocycles. The van der Waals surface area contributed by atoms with E-state index in [1.54, 1.807) is 12.1 Å². The van der Waals surface area contributed by atoms with Gasteiger partial charge in [0, 0.05) is 0 Å². The maximum absolute atomic E-state index is 11.6. The van der Waals surface area contributed by atoms with Gasteiger partial charge in [-0.1, -0.05) is 19.1 Å². The van der Waals surface area contributed by atoms with Crippen LogP contribution in [-0.2, 0) is 16.0 Å². The normalized spacial score (nSPS) is 12.1. The fourth-order valence-corrected chi connectivity index (χ4v) is 1.57. The minimum absolute atomic E-state index is 0.0931. The molecule has 0 aliphatic carbocycles. The van der Waals surface area contributed by atoms with Crippen molar-refractivity contribution in [2.45, 2.75) is 26.7 Å². The van der Waals surface area contributed by atoms with E-state index in [0.29, 0.717) is 13.0 Å². The molecule has 0 aromatic heterocycles. The van der Waals surface area contributed by atoms with Gasteiger partial charge in [0.2, 0.25) is 0 Å². The van der Waals surface area contributed by atoms with Gasteiger partial charge >= 0.3 is 5.97 Å². The molecule has 1 unspecified atom stereocenters. The number of aromatic hydroxyl groups is 1. The molecule has 1 rings (SSSR count). The minimum atomic E-state index is -0.141. The molecule has 1 aromatic carbocycles. The molecule has 0 bridgehead atoms. The number of ether oxygens (including phenoxy) is 1. The molecule has 0 radical (unpaired) electrons. The second-order valence-corrected chi connectivity index (χ2v) is 3.73. The van der Waals surface area contributed by atoms with Gasteiger partial charge in [0.1, 0.15) is 5.75 Å². The van der Waals surface area contributed by atoms with Crippen LogP contribution in [0.5, 0.6) is 5.75 Å². The maximum atomic E-state index is 11.6. The molecule has 1 N–H and O–H groups in total. The molecule has 0 amide bonds. The smallest absolute Gasteiger partial charge is 0.309 e. The van der Waals surface area contributed by atoms with Crippen molar-refractivity contribution in [2.75, 3.05) is 6.61 Å². The summed E-state index contributed by atoms with van der Waals surface area (Å²) in [6.07, 6.45) is 1.43. The molecule has 3 nitrogen and oxygen atoms in total. The highest BCUT2D eigenvalue weighted by atomic mass is 16.5. The number of carbonyl (C=O) groups excluding carboxylic acids is 1. The van der Waals surface area contributed by atoms with Crippen LogP contribution in [0.1, 0.15) is 25.8 Å². The van der Waals surface area contributed by atoms with Gasteiger partial charge < -0.3 is 9.84 Å². The van der Waals surface area contributed by atoms with Gasteiger partial charge in [-0.15, -0.1) is 0 Å². The van der Waals surface area contributed by atoms with Crippen LogP contribution in [0.4, 0.5) is 0 Å². The number of benzene rings is 1. The van der Waals surface area contributed by atoms with Crippen LogP contribution >= 0.6 is 0 Å². The van der Waals surface area contributed by atoms with Crippen molar-refractivity contribution in [1.29, 1.82) is 0 Å². The Bertz CT molecular complexity index is 330. The van der Waals surface area contributed by atoms with E-state index in [4.69, 9.17) is 9.84 Å². The van der Waals surface area contributed by atoms with Crippen LogP contribution in [-0.4, -0.2) is 17.7 Å². The summed E-state index contributed by atoms with van der Waals surface area (Å²) in [5.74, 6) is 0.00972. The molecular weight excluding hydrogens is 204 g/mol. The zero-order chi connectivity index (χ0) is 12.0. The highest BCUT2D eigenvalue weighted by Gasteiger charge is 2.17. The van der Waals surface area contributed by atoms with Crippen molar-refractivity contribution in [2.24, 2.45) is 5.92 Å².